The highest BCUT2D eigenvalue weighted by Crippen LogP contribution is 2.45. The fourth-order valence-electron chi connectivity index (χ4n) is 2.58. The smallest absolute Gasteiger partial charge is 0.139 e. The summed E-state index contributed by atoms with van der Waals surface area (Å²) in [6.07, 6.45) is -0.100. The van der Waals surface area contributed by atoms with Crippen molar-refractivity contribution in [2.75, 3.05) is 13.7 Å². The lowest BCUT2D eigenvalue weighted by Crippen LogP contribution is -2.20. The number of methoxy groups -OCH3 is 1. The second-order valence-corrected chi connectivity index (χ2v) is 9.71. The molecule has 0 aliphatic heterocycles. The number of ether oxygens (including phenoxy) is 1. The van der Waals surface area contributed by atoms with Crippen LogP contribution in [0.3, 0.4) is 0 Å². The van der Waals surface area contributed by atoms with Gasteiger partial charge in [-0.2, -0.15) is 0 Å². The summed E-state index contributed by atoms with van der Waals surface area (Å²) in [6.45, 7) is 14.4. The molecule has 1 aromatic carbocycles. The minimum Gasteiger partial charge on any atom is -0.778 e. The molecule has 23 heavy (non-hydrogen) atoms. The Bertz CT molecular complexity index is 559. The summed E-state index contributed by atoms with van der Waals surface area (Å²) in [5, 5.41) is 0. The maximum atomic E-state index is 12.1. The van der Waals surface area contributed by atoms with E-state index in [1.165, 1.54) is 0 Å². The number of rotatable bonds is 5. The Morgan fingerprint density at radius 2 is 1.48 bits per heavy atom. The summed E-state index contributed by atoms with van der Waals surface area (Å²) in [4.78, 5) is 12.1. The van der Waals surface area contributed by atoms with Crippen LogP contribution in [0.25, 0.3) is 0 Å². The lowest BCUT2D eigenvalue weighted by molar-refractivity contribution is -0.198. The minimum atomic E-state index is -3.87. The predicted octanol–water partition coefficient (Wildman–Crippen LogP) is 4.38. The molecule has 1 unspecified atom stereocenters. The molecule has 1 aromatic rings. The van der Waals surface area contributed by atoms with Crippen molar-refractivity contribution in [1.82, 2.24) is 0 Å². The molecule has 0 fully saturated rings. The van der Waals surface area contributed by atoms with Gasteiger partial charge >= 0.3 is 0 Å². The summed E-state index contributed by atoms with van der Waals surface area (Å²) in [5.41, 5.74) is 2.46. The van der Waals surface area contributed by atoms with Crippen LogP contribution in [-0.4, -0.2) is 13.7 Å². The fraction of sp³-hybridized carbons (Fsp3) is 0.667. The summed E-state index contributed by atoms with van der Waals surface area (Å²) in [6, 6.07) is 3.86. The van der Waals surface area contributed by atoms with Crippen molar-refractivity contribution in [3.05, 3.63) is 28.8 Å². The highest BCUT2D eigenvalue weighted by molar-refractivity contribution is 7.50. The largest absolute Gasteiger partial charge is 0.778 e. The molecule has 0 spiro atoms. The molecule has 0 aliphatic carbocycles. The van der Waals surface area contributed by atoms with Crippen LogP contribution in [0.4, 0.5) is 0 Å². The highest BCUT2D eigenvalue weighted by Gasteiger charge is 2.28. The van der Waals surface area contributed by atoms with E-state index < -0.39 is 7.60 Å². The van der Waals surface area contributed by atoms with Gasteiger partial charge in [0.1, 0.15) is 13.3 Å². The maximum absolute atomic E-state index is 12.1. The number of hydrogen-bond acceptors (Lipinski definition) is 4. The van der Waals surface area contributed by atoms with E-state index in [2.05, 4.69) is 41.5 Å². The van der Waals surface area contributed by atoms with Gasteiger partial charge in [0, 0.05) is 17.3 Å². The molecule has 0 radical (unpaired) electrons. The molecule has 0 saturated heterocycles. The molecular formula is C18H30O4P-. The second kappa shape index (κ2) is 6.96. The first kappa shape index (κ1) is 20.2. The van der Waals surface area contributed by atoms with Crippen LogP contribution >= 0.6 is 7.60 Å². The van der Waals surface area contributed by atoms with Crippen LogP contribution < -0.4 is 9.63 Å². The van der Waals surface area contributed by atoms with Crippen LogP contribution in [0, 0.1) is 0 Å². The Labute approximate surface area is 140 Å². The van der Waals surface area contributed by atoms with Gasteiger partial charge in [-0.1, -0.05) is 53.7 Å². The Hall–Kier alpha value is -0.830. The standard InChI is InChI=1S/C18H31O4P/c1-9-22-23(19,20)12-13-10-14(17(2,3)4)16(21-8)15(11-13)18(5,6)7/h10-11H,9,12H2,1-8H3,(H,19,20)/p-1. The molecule has 0 saturated carbocycles. The van der Waals surface area contributed by atoms with Crippen LogP contribution in [0.5, 0.6) is 5.75 Å². The van der Waals surface area contributed by atoms with Gasteiger partial charge < -0.3 is 18.7 Å². The van der Waals surface area contributed by atoms with Crippen LogP contribution in [0.1, 0.15) is 65.2 Å². The third-order valence-corrected chi connectivity index (χ3v) is 5.07. The van der Waals surface area contributed by atoms with E-state index in [9.17, 15) is 9.46 Å². The molecule has 0 amide bonds. The van der Waals surface area contributed by atoms with Crippen LogP contribution in [0.15, 0.2) is 12.1 Å². The van der Waals surface area contributed by atoms with E-state index in [4.69, 9.17) is 9.26 Å². The normalized spacial score (nSPS) is 15.3. The quantitative estimate of drug-likeness (QED) is 0.746. The molecule has 0 N–H and O–H groups in total. The summed E-state index contributed by atoms with van der Waals surface area (Å²) < 4.78 is 22.6. The predicted molar refractivity (Wildman–Crippen MR) is 93.3 cm³/mol. The number of benzene rings is 1. The van der Waals surface area contributed by atoms with Crippen molar-refractivity contribution in [2.24, 2.45) is 0 Å². The zero-order valence-corrected chi connectivity index (χ0v) is 16.5. The summed E-state index contributed by atoms with van der Waals surface area (Å²) >= 11 is 0. The van der Waals surface area contributed by atoms with Gasteiger partial charge in [0.25, 0.3) is 0 Å². The van der Waals surface area contributed by atoms with E-state index in [-0.39, 0.29) is 23.6 Å². The van der Waals surface area contributed by atoms with Crippen LogP contribution in [0.2, 0.25) is 0 Å². The topological polar surface area (TPSA) is 58.6 Å². The first-order valence-electron chi connectivity index (χ1n) is 7.98. The Balaban J connectivity index is 3.54. The molecular weight excluding hydrogens is 311 g/mol. The first-order chi connectivity index (χ1) is 10.3. The molecule has 0 aliphatic rings. The van der Waals surface area contributed by atoms with Gasteiger partial charge in [0.15, 0.2) is 0 Å². The number of hydrogen-bond donors (Lipinski definition) is 0. The van der Waals surface area contributed by atoms with Crippen molar-refractivity contribution in [1.29, 1.82) is 0 Å². The fourth-order valence-corrected chi connectivity index (χ4v) is 3.69. The monoisotopic (exact) mass is 341 g/mol. The average molecular weight is 341 g/mol. The molecule has 132 valence electrons. The average Bonchev–Trinajstić information content (AvgIpc) is 2.34. The highest BCUT2D eigenvalue weighted by atomic mass is 31.2. The van der Waals surface area contributed by atoms with Gasteiger partial charge in [0.05, 0.1) is 13.7 Å². The Morgan fingerprint density at radius 3 is 1.78 bits per heavy atom. The van der Waals surface area contributed by atoms with Gasteiger partial charge in [-0.15, -0.1) is 0 Å². The Kier molecular flexibility index (Phi) is 6.12. The maximum Gasteiger partial charge on any atom is 0.139 e. The molecule has 4 nitrogen and oxygen atoms in total. The molecule has 0 aromatic heterocycles. The van der Waals surface area contributed by atoms with E-state index in [0.717, 1.165) is 22.4 Å². The van der Waals surface area contributed by atoms with Gasteiger partial charge in [-0.05, 0) is 23.3 Å². The minimum absolute atomic E-state index is 0.100. The van der Waals surface area contributed by atoms with Crippen molar-refractivity contribution in [2.45, 2.75) is 65.5 Å². The van der Waals surface area contributed by atoms with Crippen LogP contribution in [-0.2, 0) is 26.1 Å². The SMILES string of the molecule is CCOP(=O)([O-])Cc1cc(C(C)(C)C)c(OC)c(C(C)(C)C)c1. The lowest BCUT2D eigenvalue weighted by Gasteiger charge is -2.31. The van der Waals surface area contributed by atoms with Crippen molar-refractivity contribution in [3.8, 4) is 5.75 Å². The van der Waals surface area contributed by atoms with E-state index in [0.29, 0.717) is 0 Å². The zero-order valence-electron chi connectivity index (χ0n) is 15.6. The molecule has 0 bridgehead atoms. The molecule has 0 heterocycles. The van der Waals surface area contributed by atoms with E-state index >= 15 is 0 Å². The van der Waals surface area contributed by atoms with E-state index in [1.807, 2.05) is 12.1 Å². The van der Waals surface area contributed by atoms with Gasteiger partial charge in [-0.25, -0.2) is 0 Å². The lowest BCUT2D eigenvalue weighted by atomic mass is 9.78. The third kappa shape index (κ3) is 5.34. The summed E-state index contributed by atoms with van der Waals surface area (Å²) in [5.74, 6) is 0.839. The van der Waals surface area contributed by atoms with Gasteiger partial charge in [0.2, 0.25) is 0 Å². The van der Waals surface area contributed by atoms with E-state index in [1.54, 1.807) is 14.0 Å². The van der Waals surface area contributed by atoms with Crippen molar-refractivity contribution in [3.63, 3.8) is 0 Å². The molecule has 1 atom stereocenters. The Morgan fingerprint density at radius 1 is 1.04 bits per heavy atom. The first-order valence-corrected chi connectivity index (χ1v) is 9.71. The zero-order chi connectivity index (χ0) is 18.1. The van der Waals surface area contributed by atoms with Crippen molar-refractivity contribution < 1.29 is 18.7 Å². The third-order valence-electron chi connectivity index (χ3n) is 3.67. The molecule has 5 heteroatoms. The summed E-state index contributed by atoms with van der Waals surface area (Å²) in [7, 11) is -2.21. The van der Waals surface area contributed by atoms with Gasteiger partial charge in [-0.3, -0.25) is 0 Å². The molecule has 1 rings (SSSR count). The second-order valence-electron chi connectivity index (χ2n) is 7.91. The van der Waals surface area contributed by atoms with Crippen molar-refractivity contribution >= 4 is 7.60 Å².